The second kappa shape index (κ2) is 8.34. The van der Waals surface area contributed by atoms with Crippen molar-refractivity contribution in [1.82, 2.24) is 10.2 Å². The number of nitrogens with zero attached hydrogens (tertiary/aromatic N) is 1. The van der Waals surface area contributed by atoms with Crippen LogP contribution in [0, 0.1) is 5.92 Å². The minimum Gasteiger partial charge on any atom is -0.469 e. The van der Waals surface area contributed by atoms with E-state index in [1.807, 2.05) is 39.0 Å². The number of benzene rings is 1. The lowest BCUT2D eigenvalue weighted by atomic mass is 9.92. The zero-order chi connectivity index (χ0) is 18.4. The molecule has 0 bridgehead atoms. The first-order valence-electron chi connectivity index (χ1n) is 8.62. The molecule has 138 valence electrons. The van der Waals surface area contributed by atoms with Gasteiger partial charge in [0.05, 0.1) is 13.0 Å². The first-order chi connectivity index (χ1) is 11.8. The van der Waals surface area contributed by atoms with E-state index in [0.29, 0.717) is 13.0 Å². The number of hydrogen-bond donors (Lipinski definition) is 1. The highest BCUT2D eigenvalue weighted by Crippen LogP contribution is 2.21. The molecule has 0 radical (unpaired) electrons. The van der Waals surface area contributed by atoms with Crippen molar-refractivity contribution in [3.8, 4) is 0 Å². The van der Waals surface area contributed by atoms with Gasteiger partial charge in [-0.1, -0.05) is 30.3 Å². The number of methoxy groups -OCH3 is 1. The van der Waals surface area contributed by atoms with Crippen LogP contribution in [0.15, 0.2) is 30.3 Å². The summed E-state index contributed by atoms with van der Waals surface area (Å²) in [7, 11) is 1.38. The summed E-state index contributed by atoms with van der Waals surface area (Å²) in [5.41, 5.74) is 0.628. The molecule has 25 heavy (non-hydrogen) atoms. The molecule has 1 aliphatic rings. The Morgan fingerprint density at radius 3 is 2.52 bits per heavy atom. The molecule has 0 unspecified atom stereocenters. The summed E-state index contributed by atoms with van der Waals surface area (Å²) >= 11 is 0. The van der Waals surface area contributed by atoms with Gasteiger partial charge in [-0.3, -0.25) is 9.69 Å². The van der Waals surface area contributed by atoms with Crippen molar-refractivity contribution in [2.75, 3.05) is 20.2 Å². The van der Waals surface area contributed by atoms with Crippen LogP contribution in [-0.2, 0) is 20.8 Å². The molecule has 0 saturated carbocycles. The van der Waals surface area contributed by atoms with Gasteiger partial charge in [0.15, 0.2) is 0 Å². The fraction of sp³-hybridized carbons (Fsp3) is 0.579. The Bertz CT molecular complexity index is 583. The van der Waals surface area contributed by atoms with E-state index in [1.54, 1.807) is 0 Å². The van der Waals surface area contributed by atoms with Gasteiger partial charge >= 0.3 is 12.1 Å². The molecule has 1 aromatic carbocycles. The van der Waals surface area contributed by atoms with E-state index in [1.165, 1.54) is 12.7 Å². The molecule has 1 aromatic rings. The molecule has 6 nitrogen and oxygen atoms in total. The average Bonchev–Trinajstić information content (AvgIpc) is 2.54. The third kappa shape index (κ3) is 6.05. The molecule has 1 saturated heterocycles. The second-order valence-corrected chi connectivity index (χ2v) is 7.39. The van der Waals surface area contributed by atoms with Gasteiger partial charge in [-0.15, -0.1) is 0 Å². The molecule has 0 aromatic heterocycles. The lowest BCUT2D eigenvalue weighted by Gasteiger charge is -2.37. The molecular weight excluding hydrogens is 320 g/mol. The minimum absolute atomic E-state index is 0.283. The van der Waals surface area contributed by atoms with Crippen molar-refractivity contribution in [2.24, 2.45) is 5.92 Å². The standard InChI is InChI=1S/C19H28N2O4/c1-19(2,3)25-18(23)20-16-10-11-21(13-15(16)17(22)24-4)12-14-8-6-5-7-9-14/h5-9,15-16H,10-13H2,1-4H3,(H,20,23)/t15-,16-/m1/s1. The number of amides is 1. The monoisotopic (exact) mass is 348 g/mol. The van der Waals surface area contributed by atoms with E-state index >= 15 is 0 Å². The fourth-order valence-electron chi connectivity index (χ4n) is 3.03. The summed E-state index contributed by atoms with van der Waals surface area (Å²) in [5.74, 6) is -0.714. The summed E-state index contributed by atoms with van der Waals surface area (Å²) in [6, 6.07) is 9.84. The molecule has 1 heterocycles. The third-order valence-electron chi connectivity index (χ3n) is 4.15. The highest BCUT2D eigenvalue weighted by molar-refractivity contribution is 5.75. The Hall–Kier alpha value is -2.08. The van der Waals surface area contributed by atoms with E-state index in [0.717, 1.165) is 13.1 Å². The number of ether oxygens (including phenoxy) is 2. The number of piperidine rings is 1. The Labute approximate surface area is 149 Å². The number of hydrogen-bond acceptors (Lipinski definition) is 5. The number of likely N-dealkylation sites (tertiary alicyclic amines) is 1. The molecule has 6 heteroatoms. The van der Waals surface area contributed by atoms with Gasteiger partial charge in [-0.25, -0.2) is 4.79 Å². The molecule has 2 rings (SSSR count). The van der Waals surface area contributed by atoms with Crippen molar-refractivity contribution < 1.29 is 19.1 Å². The zero-order valence-electron chi connectivity index (χ0n) is 15.5. The Kier molecular flexibility index (Phi) is 6.42. The highest BCUT2D eigenvalue weighted by Gasteiger charge is 2.36. The van der Waals surface area contributed by atoms with Gasteiger partial charge in [0.2, 0.25) is 0 Å². The predicted molar refractivity (Wildman–Crippen MR) is 95.0 cm³/mol. The van der Waals surface area contributed by atoms with Crippen LogP contribution >= 0.6 is 0 Å². The number of esters is 1. The summed E-state index contributed by atoms with van der Waals surface area (Å²) < 4.78 is 10.3. The molecular formula is C19H28N2O4. The van der Waals surface area contributed by atoms with E-state index in [2.05, 4.69) is 22.3 Å². The van der Waals surface area contributed by atoms with Gasteiger partial charge in [0.25, 0.3) is 0 Å². The first kappa shape index (κ1) is 19.2. The normalized spacial score (nSPS) is 21.4. The summed E-state index contributed by atoms with van der Waals surface area (Å²) in [6.07, 6.45) is 0.175. The first-order valence-corrected chi connectivity index (χ1v) is 8.62. The van der Waals surface area contributed by atoms with Crippen LogP contribution < -0.4 is 5.32 Å². The molecule has 0 spiro atoms. The number of nitrogens with one attached hydrogen (secondary N) is 1. The van der Waals surface area contributed by atoms with Gasteiger partial charge < -0.3 is 14.8 Å². The molecule has 1 N–H and O–H groups in total. The van der Waals surface area contributed by atoms with Crippen LogP contribution in [0.1, 0.15) is 32.8 Å². The van der Waals surface area contributed by atoms with Gasteiger partial charge in [-0.2, -0.15) is 0 Å². The average molecular weight is 348 g/mol. The topological polar surface area (TPSA) is 67.9 Å². The molecule has 1 fully saturated rings. The highest BCUT2D eigenvalue weighted by atomic mass is 16.6. The van der Waals surface area contributed by atoms with E-state index < -0.39 is 17.6 Å². The maximum atomic E-state index is 12.2. The SMILES string of the molecule is COC(=O)[C@@H]1CN(Cc2ccccc2)CC[C@H]1NC(=O)OC(C)(C)C. The van der Waals surface area contributed by atoms with Gasteiger partial charge in [0, 0.05) is 25.7 Å². The summed E-state index contributed by atoms with van der Waals surface area (Å²) in [6.45, 7) is 7.55. The number of rotatable bonds is 4. The Balaban J connectivity index is 2.00. The smallest absolute Gasteiger partial charge is 0.407 e. The molecule has 1 amide bonds. The Morgan fingerprint density at radius 1 is 1.24 bits per heavy atom. The van der Waals surface area contributed by atoms with Crippen LogP contribution in [0.5, 0.6) is 0 Å². The molecule has 0 aliphatic carbocycles. The largest absolute Gasteiger partial charge is 0.469 e. The second-order valence-electron chi connectivity index (χ2n) is 7.39. The van der Waals surface area contributed by atoms with Crippen LogP contribution in [0.25, 0.3) is 0 Å². The summed E-state index contributed by atoms with van der Waals surface area (Å²) in [5, 5.41) is 2.84. The minimum atomic E-state index is -0.571. The van der Waals surface area contributed by atoms with Crippen LogP contribution in [0.2, 0.25) is 0 Å². The van der Waals surface area contributed by atoms with Gasteiger partial charge in [-0.05, 0) is 32.8 Å². The quantitative estimate of drug-likeness (QED) is 0.847. The number of carbonyl (C=O) groups excluding carboxylic acids is 2. The van der Waals surface area contributed by atoms with Crippen LogP contribution in [0.4, 0.5) is 4.79 Å². The maximum Gasteiger partial charge on any atom is 0.407 e. The molecule has 2 atom stereocenters. The summed E-state index contributed by atoms with van der Waals surface area (Å²) in [4.78, 5) is 26.5. The maximum absolute atomic E-state index is 12.2. The van der Waals surface area contributed by atoms with E-state index in [-0.39, 0.29) is 12.0 Å². The fourth-order valence-corrected chi connectivity index (χ4v) is 3.03. The predicted octanol–water partition coefficient (Wildman–Crippen LogP) is 2.57. The lowest BCUT2D eigenvalue weighted by molar-refractivity contribution is -0.148. The molecule has 1 aliphatic heterocycles. The third-order valence-corrected chi connectivity index (χ3v) is 4.15. The van der Waals surface area contributed by atoms with Crippen molar-refractivity contribution in [3.05, 3.63) is 35.9 Å². The van der Waals surface area contributed by atoms with Crippen molar-refractivity contribution in [1.29, 1.82) is 0 Å². The Morgan fingerprint density at radius 2 is 1.92 bits per heavy atom. The van der Waals surface area contributed by atoms with Crippen molar-refractivity contribution >= 4 is 12.1 Å². The number of alkyl carbamates (subject to hydrolysis) is 1. The van der Waals surface area contributed by atoms with Crippen molar-refractivity contribution in [3.63, 3.8) is 0 Å². The van der Waals surface area contributed by atoms with Gasteiger partial charge in [0.1, 0.15) is 5.60 Å². The van der Waals surface area contributed by atoms with Crippen molar-refractivity contribution in [2.45, 2.75) is 45.4 Å². The van der Waals surface area contributed by atoms with Crippen LogP contribution in [-0.4, -0.2) is 48.8 Å². The van der Waals surface area contributed by atoms with E-state index in [4.69, 9.17) is 9.47 Å². The lowest BCUT2D eigenvalue weighted by Crippen LogP contribution is -2.54. The van der Waals surface area contributed by atoms with Crippen LogP contribution in [0.3, 0.4) is 0 Å². The number of carbonyl (C=O) groups is 2. The van der Waals surface area contributed by atoms with E-state index in [9.17, 15) is 9.59 Å². The zero-order valence-corrected chi connectivity index (χ0v) is 15.5.